The smallest absolute Gasteiger partial charge is 0.257 e. The fourth-order valence-corrected chi connectivity index (χ4v) is 5.56. The Labute approximate surface area is 199 Å². The lowest BCUT2D eigenvalue weighted by molar-refractivity contribution is -0.167. The molecule has 3 fully saturated rings. The van der Waals surface area contributed by atoms with Gasteiger partial charge in [-0.3, -0.25) is 9.59 Å². The highest BCUT2D eigenvalue weighted by atomic mass is 19.1. The minimum Gasteiger partial charge on any atom is -0.381 e. The van der Waals surface area contributed by atoms with Crippen molar-refractivity contribution in [1.29, 1.82) is 0 Å². The minimum absolute atomic E-state index is 0.0314. The summed E-state index contributed by atoms with van der Waals surface area (Å²) in [5.41, 5.74) is 0.580. The van der Waals surface area contributed by atoms with Gasteiger partial charge in [0.2, 0.25) is 5.91 Å². The number of hydrogen-bond donors (Lipinski definition) is 0. The van der Waals surface area contributed by atoms with Gasteiger partial charge in [-0.2, -0.15) is 0 Å². The third-order valence-electron chi connectivity index (χ3n) is 7.38. The Kier molecular flexibility index (Phi) is 6.66. The molecule has 34 heavy (non-hydrogen) atoms. The Bertz CT molecular complexity index is 1030. The molecule has 5 rings (SSSR count). The van der Waals surface area contributed by atoms with Gasteiger partial charge in [0.1, 0.15) is 5.82 Å². The number of carbonyl (C=O) groups is 2. The van der Waals surface area contributed by atoms with E-state index in [4.69, 9.17) is 9.47 Å². The number of amides is 2. The number of hydrogen-bond acceptors (Lipinski definition) is 4. The first kappa shape index (κ1) is 23.0. The maximum atomic E-state index is 13.9. The van der Waals surface area contributed by atoms with E-state index in [0.29, 0.717) is 37.7 Å². The quantitative estimate of drug-likeness (QED) is 0.680. The van der Waals surface area contributed by atoms with Gasteiger partial charge in [-0.25, -0.2) is 4.39 Å². The van der Waals surface area contributed by atoms with Crippen LogP contribution < -0.4 is 0 Å². The standard InChI is InChI=1S/C27H31FN2O4/c28-23-8-4-5-21(15-23)16-25(31)29-11-14-34-27(19-29)24(22-6-2-1-3-7-22)18-30(26(27)32)17-20-9-12-33-13-10-20/h1-8,15,20,24H,9-14,16-19H2/t24-,27+/m1/s1. The summed E-state index contributed by atoms with van der Waals surface area (Å²) < 4.78 is 25.4. The highest BCUT2D eigenvalue weighted by Gasteiger charge is 2.58. The third kappa shape index (κ3) is 4.59. The molecule has 6 nitrogen and oxygen atoms in total. The Morgan fingerprint density at radius 2 is 1.85 bits per heavy atom. The van der Waals surface area contributed by atoms with Crippen LogP contribution in [0.3, 0.4) is 0 Å². The first-order valence-electron chi connectivity index (χ1n) is 12.1. The number of carbonyl (C=O) groups excluding carboxylic acids is 2. The summed E-state index contributed by atoms with van der Waals surface area (Å²) in [4.78, 5) is 30.7. The number of halogens is 1. The van der Waals surface area contributed by atoms with E-state index in [2.05, 4.69) is 0 Å². The van der Waals surface area contributed by atoms with Gasteiger partial charge in [0.05, 0.1) is 19.6 Å². The summed E-state index contributed by atoms with van der Waals surface area (Å²) in [6, 6.07) is 16.1. The molecule has 2 aromatic rings. The van der Waals surface area contributed by atoms with Gasteiger partial charge >= 0.3 is 0 Å². The van der Waals surface area contributed by atoms with E-state index < -0.39 is 5.60 Å². The summed E-state index contributed by atoms with van der Waals surface area (Å²) in [7, 11) is 0. The van der Waals surface area contributed by atoms with Crippen molar-refractivity contribution in [2.75, 3.05) is 46.0 Å². The normalized spacial score (nSPS) is 25.8. The molecule has 2 amide bonds. The SMILES string of the molecule is O=C(Cc1cccc(F)c1)N1CCO[C@]2(C1)C(=O)N(CC1CCOCC1)C[C@@H]2c1ccccc1. The molecule has 2 aromatic carbocycles. The number of benzene rings is 2. The summed E-state index contributed by atoms with van der Waals surface area (Å²) >= 11 is 0. The zero-order valence-corrected chi connectivity index (χ0v) is 19.3. The van der Waals surface area contributed by atoms with Crippen LogP contribution >= 0.6 is 0 Å². The van der Waals surface area contributed by atoms with Crippen LogP contribution in [0.4, 0.5) is 4.39 Å². The first-order valence-corrected chi connectivity index (χ1v) is 12.1. The summed E-state index contributed by atoms with van der Waals surface area (Å²) in [5, 5.41) is 0. The van der Waals surface area contributed by atoms with Crippen LogP contribution in [0.2, 0.25) is 0 Å². The maximum absolute atomic E-state index is 13.9. The Hall–Kier alpha value is -2.77. The molecule has 3 heterocycles. The molecule has 3 saturated heterocycles. The van der Waals surface area contributed by atoms with Gasteiger partial charge in [-0.1, -0.05) is 42.5 Å². The largest absolute Gasteiger partial charge is 0.381 e. The molecule has 0 saturated carbocycles. The predicted octanol–water partition coefficient (Wildman–Crippen LogP) is 3.02. The van der Waals surface area contributed by atoms with Crippen molar-refractivity contribution in [3.8, 4) is 0 Å². The zero-order chi connectivity index (χ0) is 23.5. The van der Waals surface area contributed by atoms with Crippen molar-refractivity contribution in [3.63, 3.8) is 0 Å². The molecular formula is C27H31FN2O4. The van der Waals surface area contributed by atoms with E-state index in [-0.39, 0.29) is 36.5 Å². The highest BCUT2D eigenvalue weighted by molar-refractivity contribution is 5.91. The number of likely N-dealkylation sites (tertiary alicyclic amines) is 1. The second-order valence-electron chi connectivity index (χ2n) is 9.59. The molecule has 3 aliphatic rings. The predicted molar refractivity (Wildman–Crippen MR) is 125 cm³/mol. The van der Waals surface area contributed by atoms with Crippen LogP contribution in [0.5, 0.6) is 0 Å². The average Bonchev–Trinajstić information content (AvgIpc) is 3.11. The maximum Gasteiger partial charge on any atom is 0.257 e. The number of nitrogens with zero attached hydrogens (tertiary/aromatic N) is 2. The van der Waals surface area contributed by atoms with Crippen molar-refractivity contribution in [3.05, 3.63) is 71.5 Å². The molecule has 0 unspecified atom stereocenters. The van der Waals surface area contributed by atoms with E-state index in [1.165, 1.54) is 12.1 Å². The lowest BCUT2D eigenvalue weighted by Crippen LogP contribution is -2.59. The summed E-state index contributed by atoms with van der Waals surface area (Å²) in [5.74, 6) is -0.251. The molecule has 0 aliphatic carbocycles. The van der Waals surface area contributed by atoms with Gasteiger partial charge < -0.3 is 19.3 Å². The lowest BCUT2D eigenvalue weighted by Gasteiger charge is -2.42. The summed E-state index contributed by atoms with van der Waals surface area (Å²) in [6.45, 7) is 3.67. The van der Waals surface area contributed by atoms with Gasteiger partial charge in [-0.15, -0.1) is 0 Å². The number of ether oxygens (including phenoxy) is 2. The van der Waals surface area contributed by atoms with Crippen molar-refractivity contribution in [1.82, 2.24) is 9.80 Å². The highest BCUT2D eigenvalue weighted by Crippen LogP contribution is 2.42. The van der Waals surface area contributed by atoms with Crippen LogP contribution in [-0.4, -0.2) is 73.2 Å². The van der Waals surface area contributed by atoms with E-state index in [1.54, 1.807) is 17.0 Å². The minimum atomic E-state index is -1.09. The van der Waals surface area contributed by atoms with E-state index in [0.717, 1.165) is 31.6 Å². The molecule has 7 heteroatoms. The topological polar surface area (TPSA) is 59.1 Å². The first-order chi connectivity index (χ1) is 16.5. The molecule has 180 valence electrons. The molecule has 1 spiro atoms. The molecule has 0 bridgehead atoms. The van der Waals surface area contributed by atoms with Crippen LogP contribution in [-0.2, 0) is 25.5 Å². The Morgan fingerprint density at radius 3 is 2.62 bits per heavy atom. The van der Waals surface area contributed by atoms with Crippen molar-refractivity contribution >= 4 is 11.8 Å². The Morgan fingerprint density at radius 1 is 1.06 bits per heavy atom. The van der Waals surface area contributed by atoms with E-state index in [1.807, 2.05) is 35.2 Å². The van der Waals surface area contributed by atoms with E-state index >= 15 is 0 Å². The second kappa shape index (κ2) is 9.84. The number of morpholine rings is 1. The average molecular weight is 467 g/mol. The fraction of sp³-hybridized carbons (Fsp3) is 0.481. The van der Waals surface area contributed by atoms with Gasteiger partial charge in [-0.05, 0) is 42.0 Å². The molecule has 2 atom stereocenters. The van der Waals surface area contributed by atoms with Crippen molar-refractivity contribution < 1.29 is 23.5 Å². The second-order valence-corrected chi connectivity index (χ2v) is 9.59. The van der Waals surface area contributed by atoms with Crippen LogP contribution in [0.15, 0.2) is 54.6 Å². The van der Waals surface area contributed by atoms with Crippen LogP contribution in [0.25, 0.3) is 0 Å². The fourth-order valence-electron chi connectivity index (χ4n) is 5.56. The van der Waals surface area contributed by atoms with Crippen molar-refractivity contribution in [2.24, 2.45) is 5.92 Å². The molecular weight excluding hydrogens is 435 g/mol. The van der Waals surface area contributed by atoms with Crippen LogP contribution in [0, 0.1) is 11.7 Å². The summed E-state index contributed by atoms with van der Waals surface area (Å²) in [6.07, 6.45) is 2.00. The lowest BCUT2D eigenvalue weighted by atomic mass is 9.83. The van der Waals surface area contributed by atoms with Crippen LogP contribution in [0.1, 0.15) is 29.9 Å². The Balaban J connectivity index is 1.39. The van der Waals surface area contributed by atoms with Gasteiger partial charge in [0.25, 0.3) is 5.91 Å². The molecule has 0 radical (unpaired) electrons. The van der Waals surface area contributed by atoms with E-state index in [9.17, 15) is 14.0 Å². The molecule has 0 aromatic heterocycles. The molecule has 0 N–H and O–H groups in total. The van der Waals surface area contributed by atoms with Gasteiger partial charge in [0, 0.05) is 38.8 Å². The van der Waals surface area contributed by atoms with Crippen molar-refractivity contribution in [2.45, 2.75) is 30.8 Å². The molecule has 3 aliphatic heterocycles. The monoisotopic (exact) mass is 466 g/mol. The zero-order valence-electron chi connectivity index (χ0n) is 19.3. The van der Waals surface area contributed by atoms with Gasteiger partial charge in [0.15, 0.2) is 5.60 Å². The third-order valence-corrected chi connectivity index (χ3v) is 7.38. The number of rotatable bonds is 5.